The third-order valence-electron chi connectivity index (χ3n) is 5.80. The van der Waals surface area contributed by atoms with Gasteiger partial charge in [-0.05, 0) is 38.8 Å². The van der Waals surface area contributed by atoms with E-state index in [-0.39, 0.29) is 36.4 Å². The third-order valence-corrected chi connectivity index (χ3v) is 5.80. The van der Waals surface area contributed by atoms with Crippen LogP contribution in [-0.4, -0.2) is 57.8 Å². The number of carbonyl (C=O) groups excluding carboxylic acids is 2. The van der Waals surface area contributed by atoms with Crippen LogP contribution in [0.4, 0.5) is 0 Å². The van der Waals surface area contributed by atoms with Gasteiger partial charge in [0.05, 0.1) is 24.7 Å². The molecule has 2 amide bonds. The summed E-state index contributed by atoms with van der Waals surface area (Å²) in [5, 5.41) is 2.93. The molecule has 0 unspecified atom stereocenters. The summed E-state index contributed by atoms with van der Waals surface area (Å²) in [6.07, 6.45) is 7.68. The van der Waals surface area contributed by atoms with Gasteiger partial charge in [-0.3, -0.25) is 19.5 Å². The highest BCUT2D eigenvalue weighted by molar-refractivity contribution is 5.89. The van der Waals surface area contributed by atoms with E-state index < -0.39 is 0 Å². The van der Waals surface area contributed by atoms with Crippen LogP contribution >= 0.6 is 0 Å². The lowest BCUT2D eigenvalue weighted by Crippen LogP contribution is -2.59. The van der Waals surface area contributed by atoms with Crippen LogP contribution in [0.1, 0.15) is 58.1 Å². The van der Waals surface area contributed by atoms with Gasteiger partial charge in [-0.25, -0.2) is 0 Å². The molecule has 1 aromatic rings. The SMILES string of the molecule is CC(C)N1CCNC(=O)[C@H]1CC(=O)N(Cc1ccccn1)C1CCCCC1. The van der Waals surface area contributed by atoms with E-state index in [2.05, 4.69) is 29.0 Å². The van der Waals surface area contributed by atoms with Gasteiger partial charge in [-0.15, -0.1) is 0 Å². The Morgan fingerprint density at radius 1 is 1.30 bits per heavy atom. The van der Waals surface area contributed by atoms with Crippen LogP contribution in [0.3, 0.4) is 0 Å². The number of hydrogen-bond donors (Lipinski definition) is 1. The fourth-order valence-corrected chi connectivity index (χ4v) is 4.32. The number of amides is 2. The van der Waals surface area contributed by atoms with Gasteiger partial charge in [0.25, 0.3) is 0 Å². The molecule has 1 saturated carbocycles. The van der Waals surface area contributed by atoms with Crippen LogP contribution in [0, 0.1) is 0 Å². The standard InChI is InChI=1S/C21H32N4O2/c1-16(2)24-13-12-23-21(27)19(24)14-20(26)25(18-9-4-3-5-10-18)15-17-8-6-7-11-22-17/h6-8,11,16,18-19H,3-5,9-10,12-15H2,1-2H3,(H,23,27)/t19-/m1/s1. The monoisotopic (exact) mass is 372 g/mol. The molecular formula is C21H32N4O2. The number of pyridine rings is 1. The molecule has 0 spiro atoms. The fourth-order valence-electron chi connectivity index (χ4n) is 4.32. The maximum Gasteiger partial charge on any atom is 0.237 e. The molecule has 148 valence electrons. The Kier molecular flexibility index (Phi) is 6.83. The predicted octanol–water partition coefficient (Wildman–Crippen LogP) is 2.34. The lowest BCUT2D eigenvalue weighted by Gasteiger charge is -2.40. The lowest BCUT2D eigenvalue weighted by atomic mass is 9.93. The quantitative estimate of drug-likeness (QED) is 0.832. The summed E-state index contributed by atoms with van der Waals surface area (Å²) >= 11 is 0. The number of nitrogens with zero attached hydrogens (tertiary/aromatic N) is 3. The number of piperazine rings is 1. The largest absolute Gasteiger partial charge is 0.353 e. The van der Waals surface area contributed by atoms with Crippen LogP contribution in [0.5, 0.6) is 0 Å². The molecule has 1 saturated heterocycles. The molecule has 1 N–H and O–H groups in total. The molecule has 1 aromatic heterocycles. The van der Waals surface area contributed by atoms with Crippen molar-refractivity contribution >= 4 is 11.8 Å². The molecule has 27 heavy (non-hydrogen) atoms. The van der Waals surface area contributed by atoms with E-state index in [1.54, 1.807) is 6.20 Å². The predicted molar refractivity (Wildman–Crippen MR) is 105 cm³/mol. The highest BCUT2D eigenvalue weighted by Gasteiger charge is 2.35. The zero-order chi connectivity index (χ0) is 19.2. The second-order valence-electron chi connectivity index (χ2n) is 7.98. The zero-order valence-electron chi connectivity index (χ0n) is 16.6. The van der Waals surface area contributed by atoms with Crippen molar-refractivity contribution in [1.82, 2.24) is 20.1 Å². The average molecular weight is 373 g/mol. The summed E-state index contributed by atoms with van der Waals surface area (Å²) in [6, 6.07) is 5.95. The molecule has 6 heteroatoms. The minimum atomic E-state index is -0.374. The van der Waals surface area contributed by atoms with E-state index in [1.165, 1.54) is 19.3 Å². The Hall–Kier alpha value is -1.95. The molecule has 3 rings (SSSR count). The Morgan fingerprint density at radius 2 is 2.07 bits per heavy atom. The Morgan fingerprint density at radius 3 is 2.74 bits per heavy atom. The van der Waals surface area contributed by atoms with Gasteiger partial charge in [0.2, 0.25) is 11.8 Å². The van der Waals surface area contributed by atoms with Crippen molar-refractivity contribution in [1.29, 1.82) is 0 Å². The van der Waals surface area contributed by atoms with Gasteiger partial charge in [-0.2, -0.15) is 0 Å². The smallest absolute Gasteiger partial charge is 0.237 e. The highest BCUT2D eigenvalue weighted by Crippen LogP contribution is 2.25. The van der Waals surface area contributed by atoms with Gasteiger partial charge in [-0.1, -0.05) is 25.3 Å². The molecule has 1 aliphatic heterocycles. The maximum absolute atomic E-state index is 13.3. The summed E-state index contributed by atoms with van der Waals surface area (Å²) in [5.41, 5.74) is 0.908. The summed E-state index contributed by atoms with van der Waals surface area (Å²) in [4.78, 5) is 34.3. The normalized spacial score (nSPS) is 21.9. The number of rotatable bonds is 6. The zero-order valence-corrected chi connectivity index (χ0v) is 16.6. The minimum Gasteiger partial charge on any atom is -0.353 e. The first-order valence-electron chi connectivity index (χ1n) is 10.3. The summed E-state index contributed by atoms with van der Waals surface area (Å²) in [6.45, 7) is 6.15. The number of aromatic nitrogens is 1. The molecule has 2 heterocycles. The molecule has 0 bridgehead atoms. The van der Waals surface area contributed by atoms with Gasteiger partial charge >= 0.3 is 0 Å². The first-order valence-corrected chi connectivity index (χ1v) is 10.3. The van der Waals surface area contributed by atoms with Crippen molar-refractivity contribution in [2.45, 2.75) is 77.0 Å². The van der Waals surface area contributed by atoms with Crippen molar-refractivity contribution < 1.29 is 9.59 Å². The maximum atomic E-state index is 13.3. The Balaban J connectivity index is 1.75. The summed E-state index contributed by atoms with van der Waals surface area (Å²) in [7, 11) is 0. The topological polar surface area (TPSA) is 65.5 Å². The van der Waals surface area contributed by atoms with E-state index >= 15 is 0 Å². The summed E-state index contributed by atoms with van der Waals surface area (Å²) in [5.74, 6) is 0.0463. The molecule has 0 radical (unpaired) electrons. The fraction of sp³-hybridized carbons (Fsp3) is 0.667. The first-order chi connectivity index (χ1) is 13.1. The molecule has 2 fully saturated rings. The molecule has 0 aromatic carbocycles. The van der Waals surface area contributed by atoms with Gasteiger partial charge in [0, 0.05) is 31.4 Å². The van der Waals surface area contributed by atoms with Gasteiger partial charge < -0.3 is 10.2 Å². The van der Waals surface area contributed by atoms with E-state index in [0.29, 0.717) is 13.1 Å². The van der Waals surface area contributed by atoms with Gasteiger partial charge in [0.15, 0.2) is 0 Å². The highest BCUT2D eigenvalue weighted by atomic mass is 16.2. The number of nitrogens with one attached hydrogen (secondary N) is 1. The van der Waals surface area contributed by atoms with Crippen molar-refractivity contribution in [3.63, 3.8) is 0 Å². The Labute approximate surface area is 162 Å². The molecular weight excluding hydrogens is 340 g/mol. The van der Waals surface area contributed by atoms with Crippen LogP contribution in [0.25, 0.3) is 0 Å². The van der Waals surface area contributed by atoms with E-state index in [1.807, 2.05) is 23.1 Å². The van der Waals surface area contributed by atoms with Gasteiger partial charge in [0.1, 0.15) is 0 Å². The minimum absolute atomic E-state index is 0.0234. The van der Waals surface area contributed by atoms with Crippen molar-refractivity contribution in [3.05, 3.63) is 30.1 Å². The molecule has 1 atom stereocenters. The summed E-state index contributed by atoms with van der Waals surface area (Å²) < 4.78 is 0. The first kappa shape index (κ1) is 19.8. The number of carbonyl (C=O) groups is 2. The van der Waals surface area contributed by atoms with E-state index in [4.69, 9.17) is 0 Å². The molecule has 1 aliphatic carbocycles. The van der Waals surface area contributed by atoms with Crippen LogP contribution in [0.15, 0.2) is 24.4 Å². The van der Waals surface area contributed by atoms with Crippen molar-refractivity contribution in [2.75, 3.05) is 13.1 Å². The van der Waals surface area contributed by atoms with Crippen LogP contribution in [0.2, 0.25) is 0 Å². The lowest BCUT2D eigenvalue weighted by molar-refractivity contribution is -0.142. The molecule has 6 nitrogen and oxygen atoms in total. The van der Waals surface area contributed by atoms with Crippen molar-refractivity contribution in [2.24, 2.45) is 0 Å². The van der Waals surface area contributed by atoms with E-state index in [0.717, 1.165) is 25.1 Å². The Bertz CT molecular complexity index is 628. The average Bonchev–Trinajstić information content (AvgIpc) is 2.69. The second-order valence-corrected chi connectivity index (χ2v) is 7.98. The van der Waals surface area contributed by atoms with Crippen LogP contribution in [-0.2, 0) is 16.1 Å². The van der Waals surface area contributed by atoms with E-state index in [9.17, 15) is 9.59 Å². The van der Waals surface area contributed by atoms with Crippen molar-refractivity contribution in [3.8, 4) is 0 Å². The van der Waals surface area contributed by atoms with Crippen LogP contribution < -0.4 is 5.32 Å². The number of hydrogen-bond acceptors (Lipinski definition) is 4. The molecule has 2 aliphatic rings. The second kappa shape index (κ2) is 9.31. The third kappa shape index (κ3) is 5.06.